The highest BCUT2D eigenvalue weighted by molar-refractivity contribution is 7.99. The van der Waals surface area contributed by atoms with Gasteiger partial charge in [-0.2, -0.15) is 0 Å². The topological polar surface area (TPSA) is 54.4 Å². The quantitative estimate of drug-likeness (QED) is 0.691. The number of aliphatic hydroxyl groups excluding tert-OH is 1. The van der Waals surface area contributed by atoms with Crippen LogP contribution in [0.2, 0.25) is 0 Å². The Labute approximate surface area is 132 Å². The molecule has 0 radical (unpaired) electrons. The fourth-order valence-electron chi connectivity index (χ4n) is 2.42. The number of hydrogen-bond acceptors (Lipinski definition) is 4. The zero-order valence-corrected chi connectivity index (χ0v) is 12.8. The van der Waals surface area contributed by atoms with Gasteiger partial charge in [0.25, 0.3) is 0 Å². The van der Waals surface area contributed by atoms with Crippen LogP contribution in [0.4, 0.5) is 0 Å². The third kappa shape index (κ3) is 2.46. The fourth-order valence-corrected chi connectivity index (χ4v) is 3.46. The van der Waals surface area contributed by atoms with Gasteiger partial charge in [-0.25, -0.2) is 0 Å². The van der Waals surface area contributed by atoms with Crippen molar-refractivity contribution >= 4 is 29.1 Å². The lowest BCUT2D eigenvalue weighted by atomic mass is 9.89. The van der Waals surface area contributed by atoms with Crippen LogP contribution in [0.5, 0.6) is 0 Å². The van der Waals surface area contributed by atoms with Gasteiger partial charge in [0.2, 0.25) is 11.6 Å². The molecule has 0 bridgehead atoms. The van der Waals surface area contributed by atoms with E-state index in [-0.39, 0.29) is 22.6 Å². The molecule has 0 atom stereocenters. The summed E-state index contributed by atoms with van der Waals surface area (Å²) in [4.78, 5) is 25.4. The molecule has 1 N–H and O–H groups in total. The summed E-state index contributed by atoms with van der Waals surface area (Å²) in [7, 11) is 0. The van der Waals surface area contributed by atoms with Gasteiger partial charge in [-0.1, -0.05) is 42.5 Å². The number of aliphatic hydroxyl groups is 1. The normalized spacial score (nSPS) is 14.2. The van der Waals surface area contributed by atoms with E-state index in [0.29, 0.717) is 5.56 Å². The van der Waals surface area contributed by atoms with Crippen molar-refractivity contribution in [3.63, 3.8) is 0 Å². The molecule has 0 aliphatic heterocycles. The lowest BCUT2D eigenvalue weighted by Gasteiger charge is -2.17. The van der Waals surface area contributed by atoms with Crippen LogP contribution in [0.15, 0.2) is 59.0 Å². The highest BCUT2D eigenvalue weighted by Gasteiger charge is 2.32. The van der Waals surface area contributed by atoms with E-state index in [1.165, 1.54) is 11.8 Å². The van der Waals surface area contributed by atoms with Crippen LogP contribution in [-0.4, -0.2) is 22.4 Å². The number of ketones is 2. The average Bonchev–Trinajstić information content (AvgIpc) is 2.54. The highest BCUT2D eigenvalue weighted by Crippen LogP contribution is 2.32. The van der Waals surface area contributed by atoms with E-state index in [0.717, 1.165) is 10.5 Å². The van der Waals surface area contributed by atoms with Gasteiger partial charge < -0.3 is 5.11 Å². The molecule has 2 aromatic carbocycles. The average molecular weight is 310 g/mol. The van der Waals surface area contributed by atoms with Gasteiger partial charge in [0.1, 0.15) is 5.76 Å². The van der Waals surface area contributed by atoms with E-state index < -0.39 is 11.6 Å². The van der Waals surface area contributed by atoms with Crippen molar-refractivity contribution in [3.05, 3.63) is 70.8 Å². The Morgan fingerprint density at radius 1 is 0.909 bits per heavy atom. The van der Waals surface area contributed by atoms with Gasteiger partial charge in [-0.3, -0.25) is 9.59 Å². The Balaban J connectivity index is 1.95. The molecule has 4 heteroatoms. The minimum Gasteiger partial charge on any atom is -0.507 e. The van der Waals surface area contributed by atoms with E-state index in [1.54, 1.807) is 24.3 Å². The molecule has 1 aliphatic rings. The largest absolute Gasteiger partial charge is 0.507 e. The molecule has 0 fully saturated rings. The van der Waals surface area contributed by atoms with Crippen molar-refractivity contribution in [2.75, 3.05) is 5.75 Å². The molecule has 110 valence electrons. The van der Waals surface area contributed by atoms with Crippen LogP contribution < -0.4 is 0 Å². The lowest BCUT2D eigenvalue weighted by molar-refractivity contribution is -0.111. The maximum Gasteiger partial charge on any atom is 0.234 e. The molecule has 0 aromatic heterocycles. The van der Waals surface area contributed by atoms with Crippen LogP contribution in [0.1, 0.15) is 21.5 Å². The molecule has 0 amide bonds. The first kappa shape index (κ1) is 14.6. The Bertz CT molecular complexity index is 805. The van der Waals surface area contributed by atoms with Crippen molar-refractivity contribution in [1.82, 2.24) is 0 Å². The maximum atomic E-state index is 12.2. The predicted octanol–water partition coefficient (Wildman–Crippen LogP) is 3.82. The lowest BCUT2D eigenvalue weighted by Crippen LogP contribution is -2.25. The Morgan fingerprint density at radius 3 is 2.27 bits per heavy atom. The maximum absolute atomic E-state index is 12.2. The first-order valence-corrected chi connectivity index (χ1v) is 7.87. The summed E-state index contributed by atoms with van der Waals surface area (Å²) in [6.45, 7) is 1.99. The SMILES string of the molecule is Cc1ccccc1SCC1=C(O)c2ccccc2C(=O)C1=O. The Kier molecular flexibility index (Phi) is 3.86. The summed E-state index contributed by atoms with van der Waals surface area (Å²) < 4.78 is 0. The van der Waals surface area contributed by atoms with Gasteiger partial charge in [0.15, 0.2) is 0 Å². The Morgan fingerprint density at radius 2 is 1.55 bits per heavy atom. The van der Waals surface area contributed by atoms with Crippen LogP contribution >= 0.6 is 11.8 Å². The second kappa shape index (κ2) is 5.81. The number of hydrogen-bond donors (Lipinski definition) is 1. The zero-order valence-electron chi connectivity index (χ0n) is 12.0. The van der Waals surface area contributed by atoms with Crippen molar-refractivity contribution < 1.29 is 14.7 Å². The van der Waals surface area contributed by atoms with E-state index >= 15 is 0 Å². The summed E-state index contributed by atoms with van der Waals surface area (Å²) in [5.41, 5.74) is 1.99. The number of carbonyl (C=O) groups excluding carboxylic acids is 2. The predicted molar refractivity (Wildman–Crippen MR) is 87.2 cm³/mol. The summed E-state index contributed by atoms with van der Waals surface area (Å²) >= 11 is 1.45. The minimum absolute atomic E-state index is 0.0821. The molecule has 2 aromatic rings. The first-order chi connectivity index (χ1) is 10.6. The molecule has 0 unspecified atom stereocenters. The highest BCUT2D eigenvalue weighted by atomic mass is 32.2. The van der Waals surface area contributed by atoms with Gasteiger partial charge in [0, 0.05) is 21.8 Å². The standard InChI is InChI=1S/C18H14O3S/c1-11-6-2-5-9-15(11)22-10-14-16(19)12-7-3-4-8-13(12)17(20)18(14)21/h2-9,19H,10H2,1H3. The molecular formula is C18H14O3S. The van der Waals surface area contributed by atoms with Crippen molar-refractivity contribution in [3.8, 4) is 0 Å². The van der Waals surface area contributed by atoms with Gasteiger partial charge in [-0.15, -0.1) is 11.8 Å². The van der Waals surface area contributed by atoms with Crippen LogP contribution in [0.3, 0.4) is 0 Å². The number of carbonyl (C=O) groups is 2. The molecular weight excluding hydrogens is 296 g/mol. The molecule has 0 spiro atoms. The second-order valence-corrected chi connectivity index (χ2v) is 6.10. The molecule has 3 nitrogen and oxygen atoms in total. The van der Waals surface area contributed by atoms with Crippen LogP contribution in [0.25, 0.3) is 5.76 Å². The Hall–Kier alpha value is -2.33. The van der Waals surface area contributed by atoms with E-state index in [1.807, 2.05) is 31.2 Å². The number of Topliss-reactive ketones (excluding diaryl/α,β-unsaturated/α-hetero) is 2. The molecule has 1 aliphatic carbocycles. The first-order valence-electron chi connectivity index (χ1n) is 6.88. The smallest absolute Gasteiger partial charge is 0.234 e. The van der Waals surface area contributed by atoms with Gasteiger partial charge in [-0.05, 0) is 18.6 Å². The van der Waals surface area contributed by atoms with Crippen LogP contribution in [0, 0.1) is 6.92 Å². The molecule has 22 heavy (non-hydrogen) atoms. The zero-order chi connectivity index (χ0) is 15.7. The van der Waals surface area contributed by atoms with Gasteiger partial charge >= 0.3 is 0 Å². The molecule has 3 rings (SSSR count). The third-order valence-electron chi connectivity index (χ3n) is 3.66. The summed E-state index contributed by atoms with van der Waals surface area (Å²) in [6, 6.07) is 14.5. The minimum atomic E-state index is -0.614. The fraction of sp³-hybridized carbons (Fsp3) is 0.111. The number of fused-ring (bicyclic) bond motifs is 1. The number of rotatable bonds is 3. The summed E-state index contributed by atoms with van der Waals surface area (Å²) in [6.07, 6.45) is 0. The monoisotopic (exact) mass is 310 g/mol. The number of thioether (sulfide) groups is 1. The van der Waals surface area contributed by atoms with Crippen molar-refractivity contribution in [2.45, 2.75) is 11.8 Å². The number of aryl methyl sites for hydroxylation is 1. The molecule has 0 saturated carbocycles. The van der Waals surface area contributed by atoms with E-state index in [2.05, 4.69) is 0 Å². The number of benzene rings is 2. The summed E-state index contributed by atoms with van der Waals surface area (Å²) in [5.74, 6) is -0.970. The van der Waals surface area contributed by atoms with Crippen molar-refractivity contribution in [2.24, 2.45) is 0 Å². The second-order valence-electron chi connectivity index (χ2n) is 5.09. The van der Waals surface area contributed by atoms with Gasteiger partial charge in [0.05, 0.1) is 5.57 Å². The molecule has 0 saturated heterocycles. The summed E-state index contributed by atoms with van der Waals surface area (Å²) in [5, 5.41) is 10.3. The van der Waals surface area contributed by atoms with Crippen LogP contribution in [-0.2, 0) is 4.79 Å². The van der Waals surface area contributed by atoms with Crippen molar-refractivity contribution in [1.29, 1.82) is 0 Å². The van der Waals surface area contributed by atoms with E-state index in [4.69, 9.17) is 0 Å². The molecule has 0 heterocycles. The third-order valence-corrected chi connectivity index (χ3v) is 4.86. The van der Waals surface area contributed by atoms with E-state index in [9.17, 15) is 14.7 Å².